The maximum atomic E-state index is 11.8. The average molecular weight is 372 g/mol. The quantitative estimate of drug-likeness (QED) is 0.297. The molecule has 0 saturated heterocycles. The fraction of sp³-hybridized carbons (Fsp3) is 0.0476. The van der Waals surface area contributed by atoms with Crippen LogP contribution in [0.5, 0.6) is 5.75 Å². The highest BCUT2D eigenvalue weighted by Crippen LogP contribution is 2.27. The molecule has 0 spiro atoms. The number of hydrogen-bond donors (Lipinski definition) is 0. The van der Waals surface area contributed by atoms with E-state index in [-0.39, 0.29) is 17.0 Å². The monoisotopic (exact) mass is 372 g/mol. The lowest BCUT2D eigenvalue weighted by atomic mass is 10.2. The number of fused-ring (bicyclic) bond motifs is 1. The average Bonchev–Trinajstić information content (AvgIpc) is 3.10. The first kappa shape index (κ1) is 17.4. The van der Waals surface area contributed by atoms with E-state index in [1.807, 2.05) is 37.3 Å². The Morgan fingerprint density at radius 3 is 2.61 bits per heavy atom. The van der Waals surface area contributed by atoms with Gasteiger partial charge in [0.15, 0.2) is 5.58 Å². The number of aromatic nitrogens is 1. The van der Waals surface area contributed by atoms with Crippen molar-refractivity contribution in [1.29, 1.82) is 0 Å². The van der Waals surface area contributed by atoms with Gasteiger partial charge in [-0.15, -0.1) is 0 Å². The topological polar surface area (TPSA) is 105 Å². The van der Waals surface area contributed by atoms with E-state index < -0.39 is 4.92 Å². The van der Waals surface area contributed by atoms with Gasteiger partial charge in [-0.2, -0.15) is 0 Å². The summed E-state index contributed by atoms with van der Waals surface area (Å²) in [4.78, 5) is 19.0. The Bertz CT molecular complexity index is 1210. The molecule has 7 heteroatoms. The first-order valence-electron chi connectivity index (χ1n) is 8.47. The Kier molecular flexibility index (Phi) is 4.33. The molecule has 0 aliphatic rings. The van der Waals surface area contributed by atoms with E-state index >= 15 is 0 Å². The third-order valence-corrected chi connectivity index (χ3v) is 4.22. The summed E-state index contributed by atoms with van der Waals surface area (Å²) < 4.78 is 5.80. The van der Waals surface area contributed by atoms with Gasteiger partial charge >= 0.3 is 0 Å². The first-order valence-corrected chi connectivity index (χ1v) is 8.47. The number of aliphatic imine (C=N–C) groups is 1. The molecular weight excluding hydrogens is 358 g/mol. The Morgan fingerprint density at radius 1 is 1.07 bits per heavy atom. The third kappa shape index (κ3) is 3.45. The number of nitro groups is 1. The van der Waals surface area contributed by atoms with Crippen LogP contribution in [0.25, 0.3) is 22.6 Å². The second-order valence-electron chi connectivity index (χ2n) is 6.27. The highest BCUT2D eigenvalue weighted by atomic mass is 16.6. The van der Waals surface area contributed by atoms with Gasteiger partial charge in [-0.25, -0.2) is 4.98 Å². The SMILES string of the molecule is Cc1ccc2nc(-c3ccc(N=Cc4cc([N+](=O)[O-])ccc4[O-])cc3)oc2c1. The van der Waals surface area contributed by atoms with Crippen LogP contribution in [0.2, 0.25) is 0 Å². The van der Waals surface area contributed by atoms with E-state index in [1.165, 1.54) is 18.3 Å². The predicted molar refractivity (Wildman–Crippen MR) is 104 cm³/mol. The maximum Gasteiger partial charge on any atom is 0.270 e. The molecule has 4 aromatic rings. The van der Waals surface area contributed by atoms with Crippen LogP contribution in [-0.2, 0) is 0 Å². The molecule has 28 heavy (non-hydrogen) atoms. The van der Waals surface area contributed by atoms with E-state index in [9.17, 15) is 15.2 Å². The van der Waals surface area contributed by atoms with Gasteiger partial charge in [0.05, 0.1) is 10.6 Å². The second kappa shape index (κ2) is 6.96. The van der Waals surface area contributed by atoms with Crippen LogP contribution < -0.4 is 5.11 Å². The van der Waals surface area contributed by atoms with Crippen molar-refractivity contribution in [3.05, 3.63) is 81.9 Å². The Labute approximate surface area is 159 Å². The van der Waals surface area contributed by atoms with Gasteiger partial charge < -0.3 is 9.52 Å². The molecule has 0 bridgehead atoms. The van der Waals surface area contributed by atoms with Crippen LogP contribution >= 0.6 is 0 Å². The van der Waals surface area contributed by atoms with Crippen LogP contribution in [0.15, 0.2) is 70.1 Å². The Hall–Kier alpha value is -4.00. The molecule has 4 rings (SSSR count). The van der Waals surface area contributed by atoms with Crippen LogP contribution in [0.1, 0.15) is 11.1 Å². The smallest absolute Gasteiger partial charge is 0.270 e. The lowest BCUT2D eigenvalue weighted by molar-refractivity contribution is -0.385. The number of oxazole rings is 1. The molecule has 0 fully saturated rings. The molecule has 138 valence electrons. The zero-order chi connectivity index (χ0) is 19.7. The highest BCUT2D eigenvalue weighted by molar-refractivity contribution is 5.86. The summed E-state index contributed by atoms with van der Waals surface area (Å²) in [6.45, 7) is 1.99. The molecule has 0 N–H and O–H groups in total. The summed E-state index contributed by atoms with van der Waals surface area (Å²) in [5.74, 6) is 0.185. The molecule has 0 aliphatic carbocycles. The molecule has 0 saturated carbocycles. The standard InChI is InChI=1S/C21H15N3O4/c1-13-2-8-18-20(10-13)28-21(23-18)14-3-5-16(6-4-14)22-12-15-11-17(24(26)27)7-9-19(15)25/h2-12,25H,1H3/p-1. The van der Waals surface area contributed by atoms with Gasteiger partial charge in [-0.1, -0.05) is 17.9 Å². The zero-order valence-corrected chi connectivity index (χ0v) is 14.8. The molecule has 0 aliphatic heterocycles. The van der Waals surface area contributed by atoms with Crippen molar-refractivity contribution in [3.8, 4) is 17.2 Å². The molecule has 0 atom stereocenters. The minimum atomic E-state index is -0.548. The molecular formula is C21H14N3O4-. The van der Waals surface area contributed by atoms with Gasteiger partial charge in [0.1, 0.15) is 5.52 Å². The van der Waals surface area contributed by atoms with Crippen molar-refractivity contribution in [2.75, 3.05) is 0 Å². The normalized spacial score (nSPS) is 11.3. The van der Waals surface area contributed by atoms with Crippen LogP contribution in [-0.4, -0.2) is 16.1 Å². The number of non-ortho nitro benzene ring substituents is 1. The van der Waals surface area contributed by atoms with Crippen molar-refractivity contribution in [2.24, 2.45) is 4.99 Å². The number of benzene rings is 3. The number of nitrogens with zero attached hydrogens (tertiary/aromatic N) is 3. The fourth-order valence-corrected chi connectivity index (χ4v) is 2.74. The molecule has 0 unspecified atom stereocenters. The van der Waals surface area contributed by atoms with Gasteiger partial charge in [-0.3, -0.25) is 15.1 Å². The molecule has 0 radical (unpaired) electrons. The number of hydrogen-bond acceptors (Lipinski definition) is 6. The van der Waals surface area contributed by atoms with Crippen LogP contribution in [0.3, 0.4) is 0 Å². The van der Waals surface area contributed by atoms with Crippen molar-refractivity contribution in [3.63, 3.8) is 0 Å². The summed E-state index contributed by atoms with van der Waals surface area (Å²) in [6.07, 6.45) is 1.33. The zero-order valence-electron chi connectivity index (χ0n) is 14.8. The maximum absolute atomic E-state index is 11.8. The lowest BCUT2D eigenvalue weighted by Gasteiger charge is -2.08. The van der Waals surface area contributed by atoms with Crippen molar-refractivity contribution in [2.45, 2.75) is 6.92 Å². The summed E-state index contributed by atoms with van der Waals surface area (Å²) in [5, 5.41) is 22.7. The van der Waals surface area contributed by atoms with Crippen molar-refractivity contribution in [1.82, 2.24) is 4.98 Å². The minimum Gasteiger partial charge on any atom is -0.872 e. The molecule has 1 aromatic heterocycles. The van der Waals surface area contributed by atoms with Crippen molar-refractivity contribution >= 4 is 28.7 Å². The minimum absolute atomic E-state index is 0.150. The van der Waals surface area contributed by atoms with E-state index in [1.54, 1.807) is 12.1 Å². The van der Waals surface area contributed by atoms with Gasteiger partial charge in [0, 0.05) is 23.9 Å². The molecule has 7 nitrogen and oxygen atoms in total. The summed E-state index contributed by atoms with van der Waals surface area (Å²) in [5.41, 5.74) is 4.02. The first-order chi connectivity index (χ1) is 13.5. The number of rotatable bonds is 4. The highest BCUT2D eigenvalue weighted by Gasteiger charge is 2.08. The summed E-state index contributed by atoms with van der Waals surface area (Å²) >= 11 is 0. The molecule has 3 aromatic carbocycles. The number of aryl methyl sites for hydroxylation is 1. The van der Waals surface area contributed by atoms with Crippen LogP contribution in [0.4, 0.5) is 11.4 Å². The van der Waals surface area contributed by atoms with Crippen molar-refractivity contribution < 1.29 is 14.4 Å². The fourth-order valence-electron chi connectivity index (χ4n) is 2.74. The van der Waals surface area contributed by atoms with E-state index in [4.69, 9.17) is 4.42 Å². The van der Waals surface area contributed by atoms with E-state index in [0.29, 0.717) is 11.6 Å². The Balaban J connectivity index is 1.58. The number of nitro benzene ring substituents is 1. The van der Waals surface area contributed by atoms with Gasteiger partial charge in [0.25, 0.3) is 5.69 Å². The van der Waals surface area contributed by atoms with Crippen LogP contribution in [0, 0.1) is 17.0 Å². The van der Waals surface area contributed by atoms with E-state index in [2.05, 4.69) is 9.98 Å². The van der Waals surface area contributed by atoms with Gasteiger partial charge in [-0.05, 0) is 54.4 Å². The van der Waals surface area contributed by atoms with E-state index in [0.717, 1.165) is 28.3 Å². The second-order valence-corrected chi connectivity index (χ2v) is 6.27. The predicted octanol–water partition coefficient (Wildman–Crippen LogP) is 4.54. The van der Waals surface area contributed by atoms with Gasteiger partial charge in [0.2, 0.25) is 5.89 Å². The largest absolute Gasteiger partial charge is 0.872 e. The molecule has 0 amide bonds. The summed E-state index contributed by atoms with van der Waals surface area (Å²) in [7, 11) is 0. The third-order valence-electron chi connectivity index (χ3n) is 4.22. The molecule has 1 heterocycles. The lowest BCUT2D eigenvalue weighted by Crippen LogP contribution is -1.98. The Morgan fingerprint density at radius 2 is 1.86 bits per heavy atom. The summed E-state index contributed by atoms with van der Waals surface area (Å²) in [6, 6.07) is 16.5.